The Labute approximate surface area is 100 Å². The van der Waals surface area contributed by atoms with Gasteiger partial charge in [0.15, 0.2) is 0 Å². The van der Waals surface area contributed by atoms with Gasteiger partial charge in [-0.25, -0.2) is 4.79 Å². The Morgan fingerprint density at radius 3 is 2.81 bits per heavy atom. The maximum Gasteiger partial charge on any atom is 0.337 e. The van der Waals surface area contributed by atoms with Crippen molar-refractivity contribution in [2.75, 3.05) is 0 Å². The molecule has 2 heterocycles. The van der Waals surface area contributed by atoms with Gasteiger partial charge in [-0.3, -0.25) is 4.68 Å². The summed E-state index contributed by atoms with van der Waals surface area (Å²) in [5.74, 6) is -0.925. The molecule has 2 aromatic heterocycles. The molecule has 0 aliphatic carbocycles. The second kappa shape index (κ2) is 4.13. The fourth-order valence-electron chi connectivity index (χ4n) is 1.47. The van der Waals surface area contributed by atoms with Gasteiger partial charge in [0.25, 0.3) is 0 Å². The van der Waals surface area contributed by atoms with E-state index in [2.05, 4.69) is 21.0 Å². The second-order valence-corrected chi connectivity index (χ2v) is 4.32. The molecule has 0 spiro atoms. The highest BCUT2D eigenvalue weighted by molar-refractivity contribution is 9.10. The van der Waals surface area contributed by atoms with Crippen LogP contribution in [0.2, 0.25) is 0 Å². The smallest absolute Gasteiger partial charge is 0.337 e. The van der Waals surface area contributed by atoms with Crippen LogP contribution in [-0.4, -0.2) is 25.4 Å². The lowest BCUT2D eigenvalue weighted by Crippen LogP contribution is -1.98. The number of aromatic carboxylic acids is 1. The van der Waals surface area contributed by atoms with Gasteiger partial charge in [0.2, 0.25) is 0 Å². The van der Waals surface area contributed by atoms with Crippen LogP contribution >= 0.6 is 15.9 Å². The maximum absolute atomic E-state index is 10.8. The van der Waals surface area contributed by atoms with Crippen LogP contribution in [0.4, 0.5) is 0 Å². The lowest BCUT2D eigenvalue weighted by molar-refractivity contribution is 0.0697. The number of rotatable bonds is 3. The van der Waals surface area contributed by atoms with Crippen LogP contribution in [0.3, 0.4) is 0 Å². The first-order chi connectivity index (χ1) is 7.56. The van der Waals surface area contributed by atoms with Crippen LogP contribution in [0.15, 0.2) is 29.3 Å². The van der Waals surface area contributed by atoms with E-state index in [9.17, 15) is 4.79 Å². The third-order valence-corrected chi connectivity index (χ3v) is 2.89. The topological polar surface area (TPSA) is 60.0 Å². The van der Waals surface area contributed by atoms with Gasteiger partial charge in [0.05, 0.1) is 22.9 Å². The Kier molecular flexibility index (Phi) is 2.82. The van der Waals surface area contributed by atoms with Crippen molar-refractivity contribution < 1.29 is 9.90 Å². The van der Waals surface area contributed by atoms with Crippen LogP contribution < -0.4 is 0 Å². The van der Waals surface area contributed by atoms with Gasteiger partial charge in [-0.05, 0) is 22.0 Å². The first-order valence-electron chi connectivity index (χ1n) is 4.63. The molecular weight excluding hydrogens is 274 g/mol. The predicted octanol–water partition coefficient (Wildman–Crippen LogP) is 1.73. The highest BCUT2D eigenvalue weighted by Crippen LogP contribution is 2.17. The van der Waals surface area contributed by atoms with Crippen molar-refractivity contribution in [3.05, 3.63) is 40.4 Å². The van der Waals surface area contributed by atoms with E-state index >= 15 is 0 Å². The fourth-order valence-corrected chi connectivity index (χ4v) is 1.94. The van der Waals surface area contributed by atoms with Crippen LogP contribution in [0.1, 0.15) is 15.9 Å². The number of nitrogens with zero attached hydrogens (tertiary/aromatic N) is 3. The quantitative estimate of drug-likeness (QED) is 0.933. The fraction of sp³-hybridized carbons (Fsp3) is 0.200. The molecule has 0 saturated carbocycles. The first-order valence-corrected chi connectivity index (χ1v) is 5.42. The van der Waals surface area contributed by atoms with E-state index in [1.54, 1.807) is 23.1 Å². The number of halogens is 1. The SMILES string of the molecule is Cn1cc(Cn2cc(C(=O)O)cc2Br)cn1. The highest BCUT2D eigenvalue weighted by atomic mass is 79.9. The van der Waals surface area contributed by atoms with Crippen molar-refractivity contribution in [1.82, 2.24) is 14.3 Å². The molecule has 0 saturated heterocycles. The molecule has 0 amide bonds. The summed E-state index contributed by atoms with van der Waals surface area (Å²) in [6.45, 7) is 0.599. The summed E-state index contributed by atoms with van der Waals surface area (Å²) in [5, 5.41) is 12.9. The molecule has 0 unspecified atom stereocenters. The van der Waals surface area contributed by atoms with E-state index in [1.165, 1.54) is 0 Å². The average molecular weight is 284 g/mol. The zero-order chi connectivity index (χ0) is 11.7. The largest absolute Gasteiger partial charge is 0.478 e. The van der Waals surface area contributed by atoms with Crippen molar-refractivity contribution in [3.63, 3.8) is 0 Å². The van der Waals surface area contributed by atoms with Crippen LogP contribution in [0.25, 0.3) is 0 Å². The summed E-state index contributed by atoms with van der Waals surface area (Å²) >= 11 is 3.32. The van der Waals surface area contributed by atoms with E-state index in [0.29, 0.717) is 6.54 Å². The van der Waals surface area contributed by atoms with Gasteiger partial charge >= 0.3 is 5.97 Å². The molecule has 0 bridgehead atoms. The van der Waals surface area contributed by atoms with E-state index in [1.807, 2.05) is 17.8 Å². The Balaban J connectivity index is 2.24. The number of carbonyl (C=O) groups is 1. The molecular formula is C10H10BrN3O2. The minimum atomic E-state index is -0.925. The zero-order valence-electron chi connectivity index (χ0n) is 8.59. The van der Waals surface area contributed by atoms with Gasteiger partial charge in [-0.1, -0.05) is 0 Å². The lowest BCUT2D eigenvalue weighted by atomic mass is 10.3. The van der Waals surface area contributed by atoms with Crippen LogP contribution in [-0.2, 0) is 13.6 Å². The summed E-state index contributed by atoms with van der Waals surface area (Å²) in [5.41, 5.74) is 1.30. The van der Waals surface area contributed by atoms with Gasteiger partial charge in [0.1, 0.15) is 0 Å². The zero-order valence-corrected chi connectivity index (χ0v) is 10.2. The normalized spacial score (nSPS) is 10.6. The standard InChI is InChI=1S/C10H10BrN3O2/c1-13-4-7(3-12-13)5-14-6-8(10(15)16)2-9(14)11/h2-4,6H,5H2,1H3,(H,15,16). The van der Waals surface area contributed by atoms with Crippen molar-refractivity contribution in [1.29, 1.82) is 0 Å². The van der Waals surface area contributed by atoms with E-state index in [-0.39, 0.29) is 5.56 Å². The third kappa shape index (κ3) is 2.16. The summed E-state index contributed by atoms with van der Waals surface area (Å²) in [6, 6.07) is 1.58. The molecule has 0 aliphatic heterocycles. The lowest BCUT2D eigenvalue weighted by Gasteiger charge is -2.01. The van der Waals surface area contributed by atoms with Crippen molar-refractivity contribution in [2.45, 2.75) is 6.54 Å². The first kappa shape index (κ1) is 10.9. The molecule has 0 aliphatic rings. The molecule has 0 radical (unpaired) electrons. The van der Waals surface area contributed by atoms with Crippen molar-refractivity contribution in [3.8, 4) is 0 Å². The second-order valence-electron chi connectivity index (χ2n) is 3.51. The summed E-state index contributed by atoms with van der Waals surface area (Å²) in [7, 11) is 1.84. The minimum Gasteiger partial charge on any atom is -0.478 e. The molecule has 6 heteroatoms. The maximum atomic E-state index is 10.8. The molecule has 84 valence electrons. The Morgan fingerprint density at radius 1 is 1.56 bits per heavy atom. The number of aryl methyl sites for hydroxylation is 1. The number of hydrogen-bond donors (Lipinski definition) is 1. The summed E-state index contributed by atoms with van der Waals surface area (Å²) in [6.07, 6.45) is 5.25. The molecule has 0 fully saturated rings. The number of hydrogen-bond acceptors (Lipinski definition) is 2. The van der Waals surface area contributed by atoms with E-state index < -0.39 is 5.97 Å². The summed E-state index contributed by atoms with van der Waals surface area (Å²) < 4.78 is 4.28. The molecule has 1 N–H and O–H groups in total. The monoisotopic (exact) mass is 283 g/mol. The molecule has 5 nitrogen and oxygen atoms in total. The highest BCUT2D eigenvalue weighted by Gasteiger charge is 2.09. The van der Waals surface area contributed by atoms with Gasteiger partial charge in [-0.15, -0.1) is 0 Å². The number of carboxylic acids is 1. The third-order valence-electron chi connectivity index (χ3n) is 2.20. The minimum absolute atomic E-state index is 0.274. The van der Waals surface area contributed by atoms with Crippen LogP contribution in [0.5, 0.6) is 0 Å². The van der Waals surface area contributed by atoms with E-state index in [4.69, 9.17) is 5.11 Å². The van der Waals surface area contributed by atoms with E-state index in [0.717, 1.165) is 10.2 Å². The Morgan fingerprint density at radius 2 is 2.31 bits per heavy atom. The number of carboxylic acid groups (broad SMARTS) is 1. The molecule has 2 aromatic rings. The van der Waals surface area contributed by atoms with Gasteiger partial charge < -0.3 is 9.67 Å². The van der Waals surface area contributed by atoms with Crippen LogP contribution in [0, 0.1) is 0 Å². The molecule has 16 heavy (non-hydrogen) atoms. The predicted molar refractivity (Wildman–Crippen MR) is 61.4 cm³/mol. The molecule has 0 aromatic carbocycles. The Bertz CT molecular complexity index is 530. The molecule has 2 rings (SSSR count). The van der Waals surface area contributed by atoms with Crippen molar-refractivity contribution in [2.24, 2.45) is 7.05 Å². The van der Waals surface area contributed by atoms with Crippen molar-refractivity contribution >= 4 is 21.9 Å². The number of aromatic nitrogens is 3. The van der Waals surface area contributed by atoms with Gasteiger partial charge in [-0.2, -0.15) is 5.10 Å². The summed E-state index contributed by atoms with van der Waals surface area (Å²) in [4.78, 5) is 10.8. The molecule has 0 atom stereocenters. The average Bonchev–Trinajstić information content (AvgIpc) is 2.75. The van der Waals surface area contributed by atoms with Gasteiger partial charge in [0, 0.05) is 25.0 Å². The Hall–Kier alpha value is -1.56.